The predicted molar refractivity (Wildman–Crippen MR) is 36.0 cm³/mol. The second kappa shape index (κ2) is 3.34. The summed E-state index contributed by atoms with van der Waals surface area (Å²) < 4.78 is 0. The first-order valence-electron chi connectivity index (χ1n) is 3.40. The summed E-state index contributed by atoms with van der Waals surface area (Å²) in [6.07, 6.45) is 1.82. The van der Waals surface area contributed by atoms with Crippen molar-refractivity contribution in [1.29, 1.82) is 0 Å². The quantitative estimate of drug-likeness (QED) is 0.511. The van der Waals surface area contributed by atoms with E-state index in [4.69, 9.17) is 5.73 Å². The van der Waals surface area contributed by atoms with Crippen LogP contribution in [0, 0.1) is 5.92 Å². The van der Waals surface area contributed by atoms with Crippen molar-refractivity contribution in [3.8, 4) is 0 Å². The van der Waals surface area contributed by atoms with E-state index in [2.05, 4.69) is 10.3 Å². The van der Waals surface area contributed by atoms with Crippen LogP contribution in [0.5, 0.6) is 0 Å². The van der Waals surface area contributed by atoms with Crippen LogP contribution in [-0.4, -0.2) is 18.4 Å². The third kappa shape index (κ3) is 2.99. The summed E-state index contributed by atoms with van der Waals surface area (Å²) in [4.78, 5) is 25.4. The Morgan fingerprint density at radius 2 is 2.18 bits per heavy atom. The first kappa shape index (κ1) is 8.00. The molecule has 0 aromatic rings. The molecule has 1 saturated carbocycles. The number of nitrogens with one attached hydrogen (secondary N) is 1. The van der Waals surface area contributed by atoms with E-state index in [9.17, 15) is 9.59 Å². The summed E-state index contributed by atoms with van der Waals surface area (Å²) in [5, 5.41) is 0. The molecule has 0 saturated heterocycles. The fraction of sp³-hybridized carbons (Fsp3) is 0.667. The van der Waals surface area contributed by atoms with Gasteiger partial charge in [-0.25, -0.2) is 5.48 Å². The van der Waals surface area contributed by atoms with E-state index < -0.39 is 5.91 Å². The SMILES string of the molecule is NC(=O)CONC(=O)C1CC1. The Bertz CT molecular complexity index is 177. The summed E-state index contributed by atoms with van der Waals surface area (Å²) in [6.45, 7) is -0.265. The minimum atomic E-state index is -0.596. The number of hydrogen-bond acceptors (Lipinski definition) is 3. The van der Waals surface area contributed by atoms with Gasteiger partial charge in [0.25, 0.3) is 0 Å². The van der Waals surface area contributed by atoms with Gasteiger partial charge in [-0.15, -0.1) is 0 Å². The van der Waals surface area contributed by atoms with Crippen LogP contribution < -0.4 is 11.2 Å². The first-order chi connectivity index (χ1) is 5.20. The van der Waals surface area contributed by atoms with E-state index >= 15 is 0 Å². The van der Waals surface area contributed by atoms with Crippen molar-refractivity contribution in [3.63, 3.8) is 0 Å². The lowest BCUT2D eigenvalue weighted by molar-refractivity contribution is -0.138. The van der Waals surface area contributed by atoms with Gasteiger partial charge in [-0.2, -0.15) is 0 Å². The first-order valence-corrected chi connectivity index (χ1v) is 3.40. The Morgan fingerprint density at radius 3 is 2.64 bits per heavy atom. The van der Waals surface area contributed by atoms with Crippen LogP contribution in [0.25, 0.3) is 0 Å². The fourth-order valence-electron chi connectivity index (χ4n) is 0.607. The topological polar surface area (TPSA) is 81.4 Å². The van der Waals surface area contributed by atoms with Crippen molar-refractivity contribution in [2.75, 3.05) is 6.61 Å². The zero-order valence-corrected chi connectivity index (χ0v) is 6.00. The molecule has 0 aliphatic heterocycles. The largest absolute Gasteiger partial charge is 0.368 e. The molecule has 0 radical (unpaired) electrons. The zero-order valence-electron chi connectivity index (χ0n) is 6.00. The maximum Gasteiger partial charge on any atom is 0.246 e. The molecule has 1 rings (SSSR count). The third-order valence-electron chi connectivity index (χ3n) is 1.34. The van der Waals surface area contributed by atoms with E-state index in [-0.39, 0.29) is 18.4 Å². The second-order valence-corrected chi connectivity index (χ2v) is 2.50. The van der Waals surface area contributed by atoms with Gasteiger partial charge in [0.15, 0.2) is 6.61 Å². The standard InChI is InChI=1S/C6H10N2O3/c7-5(9)3-11-8-6(10)4-1-2-4/h4H,1-3H2,(H2,7,9)(H,8,10). The summed E-state index contributed by atoms with van der Waals surface area (Å²) in [5.41, 5.74) is 6.89. The molecule has 11 heavy (non-hydrogen) atoms. The van der Waals surface area contributed by atoms with Gasteiger partial charge in [0, 0.05) is 5.92 Å². The van der Waals surface area contributed by atoms with Crippen LogP contribution in [0.3, 0.4) is 0 Å². The lowest BCUT2D eigenvalue weighted by atomic mass is 10.4. The van der Waals surface area contributed by atoms with Crippen molar-refractivity contribution in [1.82, 2.24) is 5.48 Å². The average Bonchev–Trinajstić information content (AvgIpc) is 2.66. The van der Waals surface area contributed by atoms with Gasteiger partial charge in [-0.3, -0.25) is 14.4 Å². The highest BCUT2D eigenvalue weighted by atomic mass is 16.7. The Hall–Kier alpha value is -1.10. The molecular formula is C6H10N2O3. The Morgan fingerprint density at radius 1 is 1.55 bits per heavy atom. The van der Waals surface area contributed by atoms with Gasteiger partial charge in [-0.1, -0.05) is 0 Å². The number of nitrogens with two attached hydrogens (primary N) is 1. The molecule has 0 spiro atoms. The molecular weight excluding hydrogens is 148 g/mol. The summed E-state index contributed by atoms with van der Waals surface area (Å²) in [7, 11) is 0. The smallest absolute Gasteiger partial charge is 0.246 e. The van der Waals surface area contributed by atoms with Crippen LogP contribution in [0.2, 0.25) is 0 Å². The van der Waals surface area contributed by atoms with Crippen LogP contribution in [0.1, 0.15) is 12.8 Å². The maximum absolute atomic E-state index is 10.8. The van der Waals surface area contributed by atoms with Crippen molar-refractivity contribution >= 4 is 11.8 Å². The van der Waals surface area contributed by atoms with Crippen LogP contribution in [-0.2, 0) is 14.4 Å². The van der Waals surface area contributed by atoms with Gasteiger partial charge in [0.1, 0.15) is 0 Å². The lowest BCUT2D eigenvalue weighted by Gasteiger charge is -2.01. The molecule has 1 fully saturated rings. The van der Waals surface area contributed by atoms with E-state index in [1.165, 1.54) is 0 Å². The number of hydrogen-bond donors (Lipinski definition) is 2. The highest BCUT2D eigenvalue weighted by molar-refractivity contribution is 5.80. The molecule has 5 nitrogen and oxygen atoms in total. The van der Waals surface area contributed by atoms with Gasteiger partial charge >= 0.3 is 0 Å². The van der Waals surface area contributed by atoms with Crippen molar-refractivity contribution in [2.24, 2.45) is 11.7 Å². The van der Waals surface area contributed by atoms with E-state index in [0.717, 1.165) is 12.8 Å². The van der Waals surface area contributed by atoms with E-state index in [1.54, 1.807) is 0 Å². The third-order valence-corrected chi connectivity index (χ3v) is 1.34. The van der Waals surface area contributed by atoms with Crippen molar-refractivity contribution in [2.45, 2.75) is 12.8 Å². The molecule has 1 aliphatic rings. The minimum Gasteiger partial charge on any atom is -0.368 e. The number of carbonyl (C=O) groups excluding carboxylic acids is 2. The second-order valence-electron chi connectivity index (χ2n) is 2.50. The molecule has 0 bridgehead atoms. The molecule has 0 atom stereocenters. The van der Waals surface area contributed by atoms with Crippen LogP contribution in [0.15, 0.2) is 0 Å². The lowest BCUT2D eigenvalue weighted by Crippen LogP contribution is -2.30. The molecule has 0 aromatic carbocycles. The Kier molecular flexibility index (Phi) is 2.43. The highest BCUT2D eigenvalue weighted by Gasteiger charge is 2.29. The summed E-state index contributed by atoms with van der Waals surface area (Å²) >= 11 is 0. The number of hydroxylamine groups is 1. The molecule has 0 heterocycles. The normalized spacial score (nSPS) is 16.0. The van der Waals surface area contributed by atoms with Crippen molar-refractivity contribution < 1.29 is 14.4 Å². The molecule has 62 valence electrons. The predicted octanol–water partition coefficient (Wildman–Crippen LogP) is -1.07. The number of amides is 2. The van der Waals surface area contributed by atoms with E-state index in [0.29, 0.717) is 0 Å². The Balaban J connectivity index is 2.02. The average molecular weight is 158 g/mol. The molecule has 1 aliphatic carbocycles. The summed E-state index contributed by atoms with van der Waals surface area (Å²) in [6, 6.07) is 0. The van der Waals surface area contributed by atoms with E-state index in [1.807, 2.05) is 0 Å². The molecule has 3 N–H and O–H groups in total. The van der Waals surface area contributed by atoms with Crippen LogP contribution >= 0.6 is 0 Å². The van der Waals surface area contributed by atoms with Gasteiger partial charge < -0.3 is 5.73 Å². The molecule has 0 aromatic heterocycles. The van der Waals surface area contributed by atoms with Gasteiger partial charge in [0.2, 0.25) is 11.8 Å². The van der Waals surface area contributed by atoms with Gasteiger partial charge in [0.05, 0.1) is 0 Å². The van der Waals surface area contributed by atoms with Crippen molar-refractivity contribution in [3.05, 3.63) is 0 Å². The highest BCUT2D eigenvalue weighted by Crippen LogP contribution is 2.28. The Labute approximate surface area is 63.8 Å². The number of carbonyl (C=O) groups is 2. The monoisotopic (exact) mass is 158 g/mol. The minimum absolute atomic E-state index is 0.0860. The summed E-state index contributed by atoms with van der Waals surface area (Å²) in [5.74, 6) is -0.671. The van der Waals surface area contributed by atoms with Gasteiger partial charge in [-0.05, 0) is 12.8 Å². The zero-order chi connectivity index (χ0) is 8.27. The molecule has 5 heteroatoms. The number of primary amides is 1. The van der Waals surface area contributed by atoms with Crippen LogP contribution in [0.4, 0.5) is 0 Å². The molecule has 0 unspecified atom stereocenters. The fourth-order valence-corrected chi connectivity index (χ4v) is 0.607. The molecule has 2 amide bonds. The number of rotatable bonds is 4. The maximum atomic E-state index is 10.8.